The zero-order chi connectivity index (χ0) is 23.4. The van der Waals surface area contributed by atoms with E-state index in [1.54, 1.807) is 18.2 Å². The SMILES string of the molecule is Cc1ccc(CCNC(=O)CN2C(=O)CSc3ccc(S(=O)(=O)N4CCCCC4)cc32)cc1. The van der Waals surface area contributed by atoms with E-state index in [1.807, 2.05) is 31.2 Å². The lowest BCUT2D eigenvalue weighted by Gasteiger charge is -2.30. The molecule has 2 heterocycles. The number of fused-ring (bicyclic) bond motifs is 1. The van der Waals surface area contributed by atoms with E-state index in [-0.39, 0.29) is 29.0 Å². The number of anilines is 1. The lowest BCUT2D eigenvalue weighted by Crippen LogP contribution is -2.44. The molecule has 2 aromatic rings. The van der Waals surface area contributed by atoms with Crippen LogP contribution in [0.25, 0.3) is 0 Å². The van der Waals surface area contributed by atoms with Crippen LogP contribution in [0.15, 0.2) is 52.3 Å². The second-order valence-electron chi connectivity index (χ2n) is 8.45. The van der Waals surface area contributed by atoms with Gasteiger partial charge in [0, 0.05) is 24.5 Å². The van der Waals surface area contributed by atoms with Crippen molar-refractivity contribution >= 4 is 39.3 Å². The standard InChI is InChI=1S/C24H29N3O4S2/c1-18-5-7-19(8-6-18)11-12-25-23(28)16-27-21-15-20(9-10-22(21)32-17-24(27)29)33(30,31)26-13-3-2-4-14-26/h5-10,15H,2-4,11-14,16-17H2,1H3,(H,25,28). The minimum Gasteiger partial charge on any atom is -0.354 e. The predicted octanol–water partition coefficient (Wildman–Crippen LogP) is 2.97. The van der Waals surface area contributed by atoms with Gasteiger partial charge in [-0.05, 0) is 49.9 Å². The van der Waals surface area contributed by atoms with E-state index in [0.29, 0.717) is 31.7 Å². The van der Waals surface area contributed by atoms with E-state index in [9.17, 15) is 18.0 Å². The zero-order valence-electron chi connectivity index (χ0n) is 18.7. The van der Waals surface area contributed by atoms with Gasteiger partial charge in [-0.1, -0.05) is 36.2 Å². The maximum absolute atomic E-state index is 13.1. The smallest absolute Gasteiger partial charge is 0.243 e. The number of aryl methyl sites for hydroxylation is 1. The highest BCUT2D eigenvalue weighted by atomic mass is 32.2. The fourth-order valence-corrected chi connectivity index (χ4v) is 6.52. The van der Waals surface area contributed by atoms with Crippen molar-refractivity contribution in [2.75, 3.05) is 36.8 Å². The monoisotopic (exact) mass is 487 g/mol. The minimum absolute atomic E-state index is 0.131. The summed E-state index contributed by atoms with van der Waals surface area (Å²) >= 11 is 1.37. The number of hydrogen-bond acceptors (Lipinski definition) is 5. The molecule has 2 aliphatic rings. The van der Waals surface area contributed by atoms with Gasteiger partial charge >= 0.3 is 0 Å². The molecular weight excluding hydrogens is 458 g/mol. The van der Waals surface area contributed by atoms with E-state index >= 15 is 0 Å². The van der Waals surface area contributed by atoms with E-state index in [2.05, 4.69) is 5.32 Å². The lowest BCUT2D eigenvalue weighted by molar-refractivity contribution is -0.122. The number of benzene rings is 2. The minimum atomic E-state index is -3.63. The van der Waals surface area contributed by atoms with Crippen LogP contribution in [-0.4, -0.2) is 56.5 Å². The first-order chi connectivity index (χ1) is 15.8. The van der Waals surface area contributed by atoms with Crippen LogP contribution in [-0.2, 0) is 26.0 Å². The molecule has 33 heavy (non-hydrogen) atoms. The van der Waals surface area contributed by atoms with Crippen LogP contribution in [0.4, 0.5) is 5.69 Å². The molecule has 9 heteroatoms. The number of piperidine rings is 1. The maximum Gasteiger partial charge on any atom is 0.243 e. The van der Waals surface area contributed by atoms with Gasteiger partial charge in [0.05, 0.1) is 16.3 Å². The zero-order valence-corrected chi connectivity index (χ0v) is 20.4. The van der Waals surface area contributed by atoms with Gasteiger partial charge in [0.2, 0.25) is 21.8 Å². The van der Waals surface area contributed by atoms with Gasteiger partial charge in [0.1, 0.15) is 6.54 Å². The maximum atomic E-state index is 13.1. The molecule has 0 aromatic heterocycles. The number of nitrogens with zero attached hydrogens (tertiary/aromatic N) is 2. The van der Waals surface area contributed by atoms with Gasteiger partial charge in [-0.15, -0.1) is 11.8 Å². The normalized spacial score (nSPS) is 17.0. The molecule has 2 aliphatic heterocycles. The number of amides is 2. The number of carbonyl (C=O) groups is 2. The van der Waals surface area contributed by atoms with Crippen molar-refractivity contribution in [2.45, 2.75) is 42.4 Å². The van der Waals surface area contributed by atoms with Gasteiger partial charge in [0.15, 0.2) is 0 Å². The molecule has 0 radical (unpaired) electrons. The highest BCUT2D eigenvalue weighted by Gasteiger charge is 2.31. The van der Waals surface area contributed by atoms with Crippen molar-refractivity contribution < 1.29 is 18.0 Å². The summed E-state index contributed by atoms with van der Waals surface area (Å²) in [4.78, 5) is 27.6. The van der Waals surface area contributed by atoms with Gasteiger partial charge in [-0.3, -0.25) is 9.59 Å². The first-order valence-corrected chi connectivity index (χ1v) is 13.7. The number of nitrogens with one attached hydrogen (secondary N) is 1. The van der Waals surface area contributed by atoms with Crippen LogP contribution in [0.3, 0.4) is 0 Å². The van der Waals surface area contributed by atoms with Gasteiger partial charge in [0.25, 0.3) is 0 Å². The Morgan fingerprint density at radius 2 is 1.79 bits per heavy atom. The molecule has 2 aromatic carbocycles. The van der Waals surface area contributed by atoms with Crippen LogP contribution in [0.1, 0.15) is 30.4 Å². The highest BCUT2D eigenvalue weighted by Crippen LogP contribution is 2.37. The highest BCUT2D eigenvalue weighted by molar-refractivity contribution is 8.00. The Hall–Kier alpha value is -2.36. The average Bonchev–Trinajstić information content (AvgIpc) is 2.82. The Labute approximate surface area is 199 Å². The number of carbonyl (C=O) groups excluding carboxylic acids is 2. The molecule has 4 rings (SSSR count). The first kappa shape index (κ1) is 23.8. The third-order valence-corrected chi connectivity index (χ3v) is 8.93. The Bertz CT molecular complexity index is 1130. The fraction of sp³-hybridized carbons (Fsp3) is 0.417. The average molecular weight is 488 g/mol. The summed E-state index contributed by atoms with van der Waals surface area (Å²) in [6.45, 7) is 3.39. The van der Waals surface area contributed by atoms with Crippen molar-refractivity contribution in [3.05, 3.63) is 53.6 Å². The molecule has 1 saturated heterocycles. The molecule has 0 saturated carbocycles. The molecule has 0 bridgehead atoms. The Morgan fingerprint density at radius 3 is 2.52 bits per heavy atom. The largest absolute Gasteiger partial charge is 0.354 e. The molecule has 0 unspecified atom stereocenters. The first-order valence-electron chi connectivity index (χ1n) is 11.2. The molecule has 0 atom stereocenters. The third-order valence-electron chi connectivity index (χ3n) is 5.98. The van der Waals surface area contributed by atoms with E-state index < -0.39 is 10.0 Å². The summed E-state index contributed by atoms with van der Waals surface area (Å²) in [7, 11) is -3.63. The van der Waals surface area contributed by atoms with E-state index in [4.69, 9.17) is 0 Å². The summed E-state index contributed by atoms with van der Waals surface area (Å²) in [5, 5.41) is 2.87. The lowest BCUT2D eigenvalue weighted by atomic mass is 10.1. The van der Waals surface area contributed by atoms with Crippen molar-refractivity contribution in [2.24, 2.45) is 0 Å². The summed E-state index contributed by atoms with van der Waals surface area (Å²) in [6, 6.07) is 13.0. The van der Waals surface area contributed by atoms with Crippen molar-refractivity contribution in [1.82, 2.24) is 9.62 Å². The quantitative estimate of drug-likeness (QED) is 0.649. The van der Waals surface area contributed by atoms with Crippen molar-refractivity contribution in [3.63, 3.8) is 0 Å². The summed E-state index contributed by atoms with van der Waals surface area (Å²) in [6.07, 6.45) is 3.44. The second-order valence-corrected chi connectivity index (χ2v) is 11.4. The number of hydrogen-bond donors (Lipinski definition) is 1. The van der Waals surface area contributed by atoms with Crippen molar-refractivity contribution in [1.29, 1.82) is 0 Å². The van der Waals surface area contributed by atoms with Crippen LogP contribution in [0, 0.1) is 6.92 Å². The van der Waals surface area contributed by atoms with E-state index in [0.717, 1.165) is 29.7 Å². The van der Waals surface area contributed by atoms with Gasteiger partial charge in [-0.25, -0.2) is 8.42 Å². The Morgan fingerprint density at radius 1 is 1.06 bits per heavy atom. The van der Waals surface area contributed by atoms with Crippen molar-refractivity contribution in [3.8, 4) is 0 Å². The fourth-order valence-electron chi connectivity index (χ4n) is 4.07. The second kappa shape index (κ2) is 10.3. The molecule has 7 nitrogen and oxygen atoms in total. The van der Waals surface area contributed by atoms with Gasteiger partial charge < -0.3 is 10.2 Å². The molecule has 1 fully saturated rings. The summed E-state index contributed by atoms with van der Waals surface area (Å²) < 4.78 is 27.7. The summed E-state index contributed by atoms with van der Waals surface area (Å²) in [5.74, 6) is -0.242. The van der Waals surface area contributed by atoms with Gasteiger partial charge in [-0.2, -0.15) is 4.31 Å². The number of rotatable bonds is 7. The molecular formula is C24H29N3O4S2. The Balaban J connectivity index is 1.46. The summed E-state index contributed by atoms with van der Waals surface area (Å²) in [5.41, 5.74) is 2.80. The molecule has 2 amide bonds. The number of thioether (sulfide) groups is 1. The molecule has 0 aliphatic carbocycles. The van der Waals surface area contributed by atoms with Crippen LogP contribution >= 0.6 is 11.8 Å². The van der Waals surface area contributed by atoms with Crippen LogP contribution in [0.2, 0.25) is 0 Å². The van der Waals surface area contributed by atoms with Crippen LogP contribution < -0.4 is 10.2 Å². The molecule has 176 valence electrons. The number of sulfonamides is 1. The topological polar surface area (TPSA) is 86.8 Å². The third kappa shape index (κ3) is 5.59. The molecule has 0 spiro atoms. The van der Waals surface area contributed by atoms with E-state index in [1.165, 1.54) is 26.5 Å². The predicted molar refractivity (Wildman–Crippen MR) is 130 cm³/mol. The Kier molecular flexibility index (Phi) is 7.41. The van der Waals surface area contributed by atoms with Crippen LogP contribution in [0.5, 0.6) is 0 Å². The molecule has 1 N–H and O–H groups in total.